The SMILES string of the molecule is CCN(CC1CCCNC1)C(=O)c1cccc(Cl)c1. The molecule has 104 valence electrons. The zero-order chi connectivity index (χ0) is 13.7. The fourth-order valence-corrected chi connectivity index (χ4v) is 2.74. The second kappa shape index (κ2) is 6.92. The predicted octanol–water partition coefficient (Wildman–Crippen LogP) is 2.80. The van der Waals surface area contributed by atoms with Gasteiger partial charge >= 0.3 is 0 Å². The summed E-state index contributed by atoms with van der Waals surface area (Å²) < 4.78 is 0. The maximum absolute atomic E-state index is 12.4. The highest BCUT2D eigenvalue weighted by Gasteiger charge is 2.20. The van der Waals surface area contributed by atoms with Gasteiger partial charge in [-0.3, -0.25) is 4.79 Å². The van der Waals surface area contributed by atoms with Gasteiger partial charge in [0.1, 0.15) is 0 Å². The average Bonchev–Trinajstić information content (AvgIpc) is 2.45. The van der Waals surface area contributed by atoms with E-state index < -0.39 is 0 Å². The third-order valence-electron chi connectivity index (χ3n) is 3.62. The minimum absolute atomic E-state index is 0.0792. The number of benzene rings is 1. The molecular weight excluding hydrogens is 260 g/mol. The van der Waals surface area contributed by atoms with Gasteiger partial charge in [-0.1, -0.05) is 17.7 Å². The fourth-order valence-electron chi connectivity index (χ4n) is 2.55. The Labute approximate surface area is 119 Å². The molecule has 1 aliphatic rings. The van der Waals surface area contributed by atoms with Crippen molar-refractivity contribution in [3.8, 4) is 0 Å². The summed E-state index contributed by atoms with van der Waals surface area (Å²) in [6, 6.07) is 7.19. The summed E-state index contributed by atoms with van der Waals surface area (Å²) in [6.07, 6.45) is 2.40. The van der Waals surface area contributed by atoms with Gasteiger partial charge in [-0.05, 0) is 57.0 Å². The Hall–Kier alpha value is -1.06. The predicted molar refractivity (Wildman–Crippen MR) is 78.6 cm³/mol. The first-order valence-corrected chi connectivity index (χ1v) is 7.34. The largest absolute Gasteiger partial charge is 0.339 e. The first-order valence-electron chi connectivity index (χ1n) is 6.96. The van der Waals surface area contributed by atoms with Crippen molar-refractivity contribution < 1.29 is 4.79 Å². The lowest BCUT2D eigenvalue weighted by Crippen LogP contribution is -2.41. The van der Waals surface area contributed by atoms with E-state index in [0.29, 0.717) is 16.5 Å². The van der Waals surface area contributed by atoms with Gasteiger partial charge in [-0.15, -0.1) is 0 Å². The van der Waals surface area contributed by atoms with Gasteiger partial charge in [0.2, 0.25) is 0 Å². The third kappa shape index (κ3) is 3.95. The van der Waals surface area contributed by atoms with Crippen LogP contribution in [0.3, 0.4) is 0 Å². The summed E-state index contributed by atoms with van der Waals surface area (Å²) in [5.41, 5.74) is 0.679. The Kier molecular flexibility index (Phi) is 5.23. The molecule has 1 heterocycles. The Morgan fingerprint density at radius 3 is 3.00 bits per heavy atom. The van der Waals surface area contributed by atoms with Gasteiger partial charge in [-0.2, -0.15) is 0 Å². The standard InChI is InChI=1S/C15H21ClN2O/c1-2-18(11-12-5-4-8-17-10-12)15(19)13-6-3-7-14(16)9-13/h3,6-7,9,12,17H,2,4-5,8,10-11H2,1H3. The Morgan fingerprint density at radius 1 is 1.53 bits per heavy atom. The summed E-state index contributed by atoms with van der Waals surface area (Å²) in [5.74, 6) is 0.646. The third-order valence-corrected chi connectivity index (χ3v) is 3.85. The quantitative estimate of drug-likeness (QED) is 0.920. The van der Waals surface area contributed by atoms with Crippen LogP contribution in [0.25, 0.3) is 0 Å². The van der Waals surface area contributed by atoms with Crippen LogP contribution in [0.5, 0.6) is 0 Å². The Bertz CT molecular complexity index is 430. The first kappa shape index (κ1) is 14.4. The van der Waals surface area contributed by atoms with E-state index in [-0.39, 0.29) is 5.91 Å². The fraction of sp³-hybridized carbons (Fsp3) is 0.533. The molecule has 0 spiro atoms. The van der Waals surface area contributed by atoms with Crippen molar-refractivity contribution in [3.63, 3.8) is 0 Å². The van der Waals surface area contributed by atoms with Crippen molar-refractivity contribution in [2.45, 2.75) is 19.8 Å². The lowest BCUT2D eigenvalue weighted by molar-refractivity contribution is 0.0729. The number of rotatable bonds is 4. The van der Waals surface area contributed by atoms with Crippen molar-refractivity contribution in [2.24, 2.45) is 5.92 Å². The molecule has 0 aliphatic carbocycles. The molecule has 1 amide bonds. The Balaban J connectivity index is 2.02. The highest BCUT2D eigenvalue weighted by molar-refractivity contribution is 6.30. The first-order chi connectivity index (χ1) is 9.20. The molecule has 19 heavy (non-hydrogen) atoms. The van der Waals surface area contributed by atoms with Gasteiger partial charge in [0.25, 0.3) is 5.91 Å². The van der Waals surface area contributed by atoms with Crippen LogP contribution in [-0.4, -0.2) is 37.0 Å². The van der Waals surface area contributed by atoms with E-state index in [1.54, 1.807) is 12.1 Å². The van der Waals surface area contributed by atoms with Crippen molar-refractivity contribution in [1.82, 2.24) is 10.2 Å². The topological polar surface area (TPSA) is 32.3 Å². The second-order valence-electron chi connectivity index (χ2n) is 5.07. The molecule has 1 saturated heterocycles. The zero-order valence-corrected chi connectivity index (χ0v) is 12.1. The van der Waals surface area contributed by atoms with Gasteiger partial charge in [0.15, 0.2) is 0 Å². The van der Waals surface area contributed by atoms with Gasteiger partial charge < -0.3 is 10.2 Å². The number of carbonyl (C=O) groups is 1. The van der Waals surface area contributed by atoms with E-state index in [1.165, 1.54) is 12.8 Å². The number of amides is 1. The molecule has 4 heteroatoms. The van der Waals surface area contributed by atoms with Crippen LogP contribution in [-0.2, 0) is 0 Å². The van der Waals surface area contributed by atoms with Crippen LogP contribution in [0, 0.1) is 5.92 Å². The molecule has 1 N–H and O–H groups in total. The molecule has 3 nitrogen and oxygen atoms in total. The minimum atomic E-state index is 0.0792. The van der Waals surface area contributed by atoms with Crippen molar-refractivity contribution in [1.29, 1.82) is 0 Å². The number of hydrogen-bond donors (Lipinski definition) is 1. The number of hydrogen-bond acceptors (Lipinski definition) is 2. The Morgan fingerprint density at radius 2 is 2.37 bits per heavy atom. The summed E-state index contributed by atoms with van der Waals surface area (Å²) in [5, 5.41) is 4.01. The highest BCUT2D eigenvalue weighted by Crippen LogP contribution is 2.16. The molecule has 0 bridgehead atoms. The molecule has 1 aliphatic heterocycles. The highest BCUT2D eigenvalue weighted by atomic mass is 35.5. The average molecular weight is 281 g/mol. The van der Waals surface area contributed by atoms with Crippen LogP contribution >= 0.6 is 11.6 Å². The van der Waals surface area contributed by atoms with Crippen LogP contribution in [0.2, 0.25) is 5.02 Å². The molecular formula is C15H21ClN2O. The van der Waals surface area contributed by atoms with E-state index in [2.05, 4.69) is 5.32 Å². The molecule has 1 fully saturated rings. The number of halogens is 1. The van der Waals surface area contributed by atoms with E-state index >= 15 is 0 Å². The van der Waals surface area contributed by atoms with Crippen LogP contribution < -0.4 is 5.32 Å². The molecule has 1 atom stereocenters. The summed E-state index contributed by atoms with van der Waals surface area (Å²) in [7, 11) is 0. The normalized spacial score (nSPS) is 19.2. The summed E-state index contributed by atoms with van der Waals surface area (Å²) in [6.45, 7) is 5.71. The lowest BCUT2D eigenvalue weighted by atomic mass is 9.99. The maximum atomic E-state index is 12.4. The van der Waals surface area contributed by atoms with Gasteiger partial charge in [0.05, 0.1) is 0 Å². The van der Waals surface area contributed by atoms with Crippen LogP contribution in [0.15, 0.2) is 24.3 Å². The summed E-state index contributed by atoms with van der Waals surface area (Å²) >= 11 is 5.95. The number of nitrogens with zero attached hydrogens (tertiary/aromatic N) is 1. The molecule has 0 saturated carbocycles. The molecule has 2 rings (SSSR count). The zero-order valence-electron chi connectivity index (χ0n) is 11.4. The smallest absolute Gasteiger partial charge is 0.253 e. The molecule has 1 aromatic rings. The van der Waals surface area contributed by atoms with Crippen LogP contribution in [0.1, 0.15) is 30.1 Å². The molecule has 1 unspecified atom stereocenters. The van der Waals surface area contributed by atoms with Gasteiger partial charge in [-0.25, -0.2) is 0 Å². The lowest BCUT2D eigenvalue weighted by Gasteiger charge is -2.29. The van der Waals surface area contributed by atoms with Crippen molar-refractivity contribution in [2.75, 3.05) is 26.2 Å². The van der Waals surface area contributed by atoms with E-state index in [0.717, 1.165) is 26.2 Å². The van der Waals surface area contributed by atoms with E-state index in [1.807, 2.05) is 24.0 Å². The monoisotopic (exact) mass is 280 g/mol. The number of piperidine rings is 1. The van der Waals surface area contributed by atoms with Crippen LogP contribution in [0.4, 0.5) is 0 Å². The number of nitrogens with one attached hydrogen (secondary N) is 1. The summed E-state index contributed by atoms with van der Waals surface area (Å²) in [4.78, 5) is 14.4. The van der Waals surface area contributed by atoms with Crippen molar-refractivity contribution in [3.05, 3.63) is 34.9 Å². The molecule has 1 aromatic carbocycles. The molecule has 0 radical (unpaired) electrons. The van der Waals surface area contributed by atoms with Crippen molar-refractivity contribution >= 4 is 17.5 Å². The maximum Gasteiger partial charge on any atom is 0.253 e. The molecule has 0 aromatic heterocycles. The van der Waals surface area contributed by atoms with E-state index in [4.69, 9.17) is 11.6 Å². The second-order valence-corrected chi connectivity index (χ2v) is 5.50. The number of carbonyl (C=O) groups excluding carboxylic acids is 1. The minimum Gasteiger partial charge on any atom is -0.339 e. The van der Waals surface area contributed by atoms with Gasteiger partial charge in [0, 0.05) is 23.7 Å². The van der Waals surface area contributed by atoms with E-state index in [9.17, 15) is 4.79 Å².